The maximum absolute atomic E-state index is 12.2. The number of carbonyl (C=O) groups is 1. The number of thioether (sulfide) groups is 1. The average Bonchev–Trinajstić information content (AvgIpc) is 3.08. The molecule has 0 atom stereocenters. The molecule has 0 aliphatic heterocycles. The van der Waals surface area contributed by atoms with Crippen LogP contribution in [0.25, 0.3) is 0 Å². The van der Waals surface area contributed by atoms with Crippen LogP contribution in [0.5, 0.6) is 5.75 Å². The number of methoxy groups -OCH3 is 1. The number of nitrogen functional groups attached to an aromatic ring is 1. The van der Waals surface area contributed by atoms with Gasteiger partial charge in [-0.3, -0.25) is 4.79 Å². The third-order valence-corrected chi connectivity index (χ3v) is 5.20. The van der Waals surface area contributed by atoms with Crippen molar-refractivity contribution in [2.75, 3.05) is 29.4 Å². The summed E-state index contributed by atoms with van der Waals surface area (Å²) in [5, 5.41) is 15.8. The second-order valence-corrected chi connectivity index (χ2v) is 7.54. The van der Waals surface area contributed by atoms with Gasteiger partial charge >= 0.3 is 0 Å². The predicted octanol–water partition coefficient (Wildman–Crippen LogP) is 3.48. The zero-order chi connectivity index (χ0) is 21.5. The van der Waals surface area contributed by atoms with E-state index in [9.17, 15) is 4.79 Å². The third kappa shape index (κ3) is 5.56. The van der Waals surface area contributed by atoms with Crippen molar-refractivity contribution < 1.29 is 9.53 Å². The molecule has 3 aromatic rings. The molecule has 0 spiro atoms. The van der Waals surface area contributed by atoms with E-state index in [1.54, 1.807) is 31.5 Å². The van der Waals surface area contributed by atoms with Gasteiger partial charge in [0.05, 0.1) is 29.8 Å². The lowest BCUT2D eigenvalue weighted by molar-refractivity contribution is -0.113. The molecule has 0 unspecified atom stereocenters. The highest BCUT2D eigenvalue weighted by atomic mass is 35.5. The molecule has 2 aromatic carbocycles. The van der Waals surface area contributed by atoms with Gasteiger partial charge in [-0.05, 0) is 30.3 Å². The lowest BCUT2D eigenvalue weighted by Gasteiger charge is -2.07. The summed E-state index contributed by atoms with van der Waals surface area (Å²) >= 11 is 13.0. The van der Waals surface area contributed by atoms with E-state index in [0.717, 1.165) is 17.3 Å². The molecule has 0 saturated carbocycles. The molecular weight excluding hydrogens is 449 g/mol. The Morgan fingerprint density at radius 2 is 2.10 bits per heavy atom. The maximum atomic E-state index is 12.2. The van der Waals surface area contributed by atoms with Gasteiger partial charge in [-0.25, -0.2) is 10.1 Å². The van der Waals surface area contributed by atoms with E-state index in [0.29, 0.717) is 26.6 Å². The highest BCUT2D eigenvalue weighted by molar-refractivity contribution is 7.99. The van der Waals surface area contributed by atoms with Gasteiger partial charge in [0.25, 0.3) is 5.95 Å². The Morgan fingerprint density at radius 3 is 2.87 bits per heavy atom. The van der Waals surface area contributed by atoms with Crippen LogP contribution in [0, 0.1) is 0 Å². The van der Waals surface area contributed by atoms with Crippen molar-refractivity contribution in [3.63, 3.8) is 0 Å². The Labute approximate surface area is 186 Å². The van der Waals surface area contributed by atoms with Gasteiger partial charge in [0.15, 0.2) is 0 Å². The summed E-state index contributed by atoms with van der Waals surface area (Å²) in [4.78, 5) is 12.2. The second-order valence-electron chi connectivity index (χ2n) is 5.75. The fourth-order valence-electron chi connectivity index (χ4n) is 2.29. The molecule has 1 heterocycles. The minimum atomic E-state index is -0.282. The van der Waals surface area contributed by atoms with Gasteiger partial charge in [0.1, 0.15) is 5.75 Å². The number of carbonyl (C=O) groups excluding carboxylic acids is 1. The van der Waals surface area contributed by atoms with Crippen molar-refractivity contribution in [1.29, 1.82) is 0 Å². The Bertz CT molecular complexity index is 1070. The molecular formula is C18H17Cl2N7O2S. The van der Waals surface area contributed by atoms with Crippen LogP contribution in [-0.4, -0.2) is 39.9 Å². The Kier molecular flexibility index (Phi) is 7.39. The largest absolute Gasteiger partial charge is 0.496 e. The summed E-state index contributed by atoms with van der Waals surface area (Å²) < 4.78 is 6.45. The number of halogens is 2. The van der Waals surface area contributed by atoms with Gasteiger partial charge in [-0.2, -0.15) is 5.10 Å². The zero-order valence-corrected chi connectivity index (χ0v) is 18.0. The zero-order valence-electron chi connectivity index (χ0n) is 15.7. The number of hydrazone groups is 1. The molecule has 1 amide bonds. The van der Waals surface area contributed by atoms with Crippen molar-refractivity contribution in [1.82, 2.24) is 14.9 Å². The van der Waals surface area contributed by atoms with Crippen molar-refractivity contribution in [3.8, 4) is 5.75 Å². The fraction of sp³-hybridized carbons (Fsp3) is 0.111. The first kappa shape index (κ1) is 21.8. The van der Waals surface area contributed by atoms with Gasteiger partial charge < -0.3 is 15.9 Å². The molecule has 4 N–H and O–H groups in total. The number of amides is 1. The number of hydrogen-bond acceptors (Lipinski definition) is 8. The van der Waals surface area contributed by atoms with E-state index >= 15 is 0 Å². The van der Waals surface area contributed by atoms with Gasteiger partial charge in [-0.1, -0.05) is 47.1 Å². The van der Waals surface area contributed by atoms with Crippen molar-refractivity contribution in [2.24, 2.45) is 5.10 Å². The van der Waals surface area contributed by atoms with Crippen LogP contribution in [0.3, 0.4) is 0 Å². The number of anilines is 2. The second kappa shape index (κ2) is 10.2. The number of hydrogen-bond donors (Lipinski definition) is 3. The fourth-order valence-corrected chi connectivity index (χ4v) is 3.40. The summed E-state index contributed by atoms with van der Waals surface area (Å²) in [6.45, 7) is 0. The summed E-state index contributed by atoms with van der Waals surface area (Å²) in [7, 11) is 1.58. The van der Waals surface area contributed by atoms with Gasteiger partial charge in [0.2, 0.25) is 11.1 Å². The average molecular weight is 466 g/mol. The van der Waals surface area contributed by atoms with E-state index < -0.39 is 0 Å². The minimum Gasteiger partial charge on any atom is -0.496 e. The SMILES string of the molecule is COc1ccccc1/C=N/Nc1nnc(SCC(=O)Nc2ccc(Cl)cc2Cl)n1N. The summed E-state index contributed by atoms with van der Waals surface area (Å²) in [6, 6.07) is 12.2. The summed E-state index contributed by atoms with van der Waals surface area (Å²) in [5.41, 5.74) is 3.95. The van der Waals surface area contributed by atoms with Crippen LogP contribution in [0.2, 0.25) is 10.0 Å². The van der Waals surface area contributed by atoms with Crippen LogP contribution in [0.1, 0.15) is 5.56 Å². The normalized spacial score (nSPS) is 10.9. The highest BCUT2D eigenvalue weighted by Gasteiger charge is 2.13. The molecule has 0 saturated heterocycles. The van der Waals surface area contributed by atoms with Crippen molar-refractivity contribution in [3.05, 3.63) is 58.1 Å². The summed E-state index contributed by atoms with van der Waals surface area (Å²) in [6.07, 6.45) is 1.57. The number of benzene rings is 2. The molecule has 3 rings (SSSR count). The van der Waals surface area contributed by atoms with Crippen LogP contribution < -0.4 is 21.3 Å². The number of para-hydroxylation sites is 1. The van der Waals surface area contributed by atoms with E-state index in [1.165, 1.54) is 4.68 Å². The molecule has 156 valence electrons. The van der Waals surface area contributed by atoms with Crippen molar-refractivity contribution >= 4 is 58.7 Å². The third-order valence-electron chi connectivity index (χ3n) is 3.71. The quantitative estimate of drug-likeness (QED) is 0.201. The predicted molar refractivity (Wildman–Crippen MR) is 120 cm³/mol. The lowest BCUT2D eigenvalue weighted by Crippen LogP contribution is -2.17. The van der Waals surface area contributed by atoms with Crippen LogP contribution >= 0.6 is 35.0 Å². The molecule has 9 nitrogen and oxygen atoms in total. The van der Waals surface area contributed by atoms with Gasteiger partial charge in [0, 0.05) is 10.6 Å². The molecule has 12 heteroatoms. The topological polar surface area (TPSA) is 119 Å². The molecule has 0 fully saturated rings. The standard InChI is InChI=1S/C18H17Cl2N7O2S/c1-29-15-5-3-2-4-11(15)9-22-24-17-25-26-18(27(17)21)30-10-16(28)23-14-7-6-12(19)8-13(14)20/h2-9H,10,21H2,1H3,(H,23,28)(H,24,25)/b22-9+. The van der Waals surface area contributed by atoms with Gasteiger partial charge in [-0.15, -0.1) is 10.2 Å². The van der Waals surface area contributed by atoms with E-state index in [2.05, 4.69) is 26.0 Å². The van der Waals surface area contributed by atoms with Crippen LogP contribution in [-0.2, 0) is 4.79 Å². The van der Waals surface area contributed by atoms with Crippen molar-refractivity contribution in [2.45, 2.75) is 5.16 Å². The van der Waals surface area contributed by atoms with E-state index in [1.807, 2.05) is 24.3 Å². The number of aromatic nitrogens is 3. The smallest absolute Gasteiger partial charge is 0.264 e. The summed E-state index contributed by atoms with van der Waals surface area (Å²) in [5.74, 6) is 6.63. The number of nitrogens with two attached hydrogens (primary N) is 1. The minimum absolute atomic E-state index is 0.0543. The molecule has 1 aromatic heterocycles. The van der Waals surface area contributed by atoms with E-state index in [4.69, 9.17) is 33.8 Å². The first-order chi connectivity index (χ1) is 14.5. The Balaban J connectivity index is 1.56. The molecule has 0 radical (unpaired) electrons. The highest BCUT2D eigenvalue weighted by Crippen LogP contribution is 2.26. The Morgan fingerprint density at radius 1 is 1.30 bits per heavy atom. The number of ether oxygens (including phenoxy) is 1. The van der Waals surface area contributed by atoms with E-state index in [-0.39, 0.29) is 17.6 Å². The van der Waals surface area contributed by atoms with Crippen LogP contribution in [0.4, 0.5) is 11.6 Å². The van der Waals surface area contributed by atoms with Crippen LogP contribution in [0.15, 0.2) is 52.7 Å². The molecule has 0 aliphatic carbocycles. The number of nitrogens with one attached hydrogen (secondary N) is 2. The molecule has 0 aliphatic rings. The monoisotopic (exact) mass is 465 g/mol. The first-order valence-electron chi connectivity index (χ1n) is 8.48. The Hall–Kier alpha value is -2.95. The lowest BCUT2D eigenvalue weighted by atomic mass is 10.2. The number of rotatable bonds is 8. The number of nitrogens with zero attached hydrogens (tertiary/aromatic N) is 4. The maximum Gasteiger partial charge on any atom is 0.264 e. The molecule has 30 heavy (non-hydrogen) atoms. The first-order valence-corrected chi connectivity index (χ1v) is 10.2. The molecule has 0 bridgehead atoms.